The highest BCUT2D eigenvalue weighted by molar-refractivity contribution is 7.99. The fourth-order valence-corrected chi connectivity index (χ4v) is 3.39. The molecule has 0 N–H and O–H groups in total. The van der Waals surface area contributed by atoms with Crippen LogP contribution < -0.4 is 4.74 Å². The molecule has 108 valence electrons. The Kier molecular flexibility index (Phi) is 5.33. The number of nitrogens with zero attached hydrogens (tertiary/aromatic N) is 1. The minimum absolute atomic E-state index is 0.128. The van der Waals surface area contributed by atoms with Crippen molar-refractivity contribution < 1.29 is 9.47 Å². The fraction of sp³-hybridized carbons (Fsp3) is 0.562. The van der Waals surface area contributed by atoms with Gasteiger partial charge in [0.2, 0.25) is 0 Å². The topological polar surface area (TPSA) is 42.2 Å². The lowest BCUT2D eigenvalue weighted by molar-refractivity contribution is -0.0722. The van der Waals surface area contributed by atoms with Crippen LogP contribution in [0.4, 0.5) is 0 Å². The molecule has 0 aliphatic carbocycles. The molecule has 4 heteroatoms. The summed E-state index contributed by atoms with van der Waals surface area (Å²) in [6, 6.07) is 8.12. The van der Waals surface area contributed by atoms with Crippen LogP contribution in [0, 0.1) is 11.3 Å². The molecule has 2 unspecified atom stereocenters. The Morgan fingerprint density at radius 1 is 1.35 bits per heavy atom. The van der Waals surface area contributed by atoms with Crippen molar-refractivity contribution in [3.63, 3.8) is 0 Å². The summed E-state index contributed by atoms with van der Waals surface area (Å²) in [5.41, 5.74) is 0.658. The first-order chi connectivity index (χ1) is 9.63. The van der Waals surface area contributed by atoms with Crippen molar-refractivity contribution in [2.45, 2.75) is 56.8 Å². The minimum Gasteiger partial charge on any atom is -0.489 e. The minimum atomic E-state index is 0.128. The van der Waals surface area contributed by atoms with Crippen LogP contribution in [-0.4, -0.2) is 24.1 Å². The molecule has 1 fully saturated rings. The van der Waals surface area contributed by atoms with E-state index in [9.17, 15) is 5.26 Å². The Morgan fingerprint density at radius 3 is 2.65 bits per heavy atom. The van der Waals surface area contributed by atoms with E-state index >= 15 is 0 Å². The van der Waals surface area contributed by atoms with Gasteiger partial charge in [0.25, 0.3) is 0 Å². The third-order valence-corrected chi connectivity index (χ3v) is 4.29. The van der Waals surface area contributed by atoms with E-state index in [2.05, 4.69) is 26.8 Å². The maximum Gasteiger partial charge on any atom is 0.138 e. The molecule has 20 heavy (non-hydrogen) atoms. The predicted molar refractivity (Wildman–Crippen MR) is 81.2 cm³/mol. The average Bonchev–Trinajstić information content (AvgIpc) is 2.38. The van der Waals surface area contributed by atoms with Gasteiger partial charge in [-0.15, -0.1) is 11.8 Å². The molecule has 0 spiro atoms. The second kappa shape index (κ2) is 7.01. The molecule has 0 aromatic heterocycles. The van der Waals surface area contributed by atoms with Gasteiger partial charge in [0.1, 0.15) is 23.5 Å². The zero-order chi connectivity index (χ0) is 14.5. The Bertz CT molecular complexity index is 488. The van der Waals surface area contributed by atoms with Gasteiger partial charge in [0.05, 0.1) is 12.2 Å². The second-order valence-electron chi connectivity index (χ2n) is 5.14. The molecule has 2 rings (SSSR count). The molecular weight excluding hydrogens is 270 g/mol. The molecule has 1 aliphatic heterocycles. The lowest BCUT2D eigenvalue weighted by Gasteiger charge is -2.32. The molecule has 0 amide bonds. The van der Waals surface area contributed by atoms with Gasteiger partial charge in [0.15, 0.2) is 0 Å². The highest BCUT2D eigenvalue weighted by atomic mass is 32.2. The maximum atomic E-state index is 9.39. The number of benzene rings is 1. The van der Waals surface area contributed by atoms with Crippen molar-refractivity contribution in [1.82, 2.24) is 0 Å². The summed E-state index contributed by atoms with van der Waals surface area (Å²) in [5, 5.41) is 9.39. The monoisotopic (exact) mass is 291 g/mol. The lowest BCUT2D eigenvalue weighted by Crippen LogP contribution is -2.35. The average molecular weight is 291 g/mol. The molecular formula is C16H21NO2S. The van der Waals surface area contributed by atoms with Crippen LogP contribution in [0.25, 0.3) is 0 Å². The first-order valence-corrected chi connectivity index (χ1v) is 8.10. The van der Waals surface area contributed by atoms with E-state index in [0.29, 0.717) is 11.3 Å². The zero-order valence-electron chi connectivity index (χ0n) is 12.3. The van der Waals surface area contributed by atoms with E-state index in [1.807, 2.05) is 18.2 Å². The van der Waals surface area contributed by atoms with Gasteiger partial charge in [-0.1, -0.05) is 13.0 Å². The van der Waals surface area contributed by atoms with Crippen LogP contribution in [-0.2, 0) is 4.74 Å². The first kappa shape index (κ1) is 15.2. The summed E-state index contributed by atoms with van der Waals surface area (Å²) in [7, 11) is 0. The summed E-state index contributed by atoms with van der Waals surface area (Å²) in [5.74, 6) is 1.65. The van der Waals surface area contributed by atoms with Gasteiger partial charge in [-0.2, -0.15) is 5.26 Å². The molecule has 2 atom stereocenters. The highest BCUT2D eigenvalue weighted by Gasteiger charge is 2.26. The summed E-state index contributed by atoms with van der Waals surface area (Å²) in [6.07, 6.45) is 2.30. The van der Waals surface area contributed by atoms with E-state index < -0.39 is 0 Å². The van der Waals surface area contributed by atoms with E-state index in [-0.39, 0.29) is 18.3 Å². The van der Waals surface area contributed by atoms with Crippen molar-refractivity contribution in [3.05, 3.63) is 23.8 Å². The highest BCUT2D eigenvalue weighted by Crippen LogP contribution is 2.32. The van der Waals surface area contributed by atoms with Crippen LogP contribution >= 0.6 is 11.8 Å². The lowest BCUT2D eigenvalue weighted by atomic mass is 10.0. The molecule has 0 bridgehead atoms. The van der Waals surface area contributed by atoms with Crippen LogP contribution in [0.5, 0.6) is 5.75 Å². The summed E-state index contributed by atoms with van der Waals surface area (Å²) < 4.78 is 11.8. The van der Waals surface area contributed by atoms with Crippen molar-refractivity contribution in [3.8, 4) is 11.8 Å². The van der Waals surface area contributed by atoms with Crippen molar-refractivity contribution >= 4 is 11.8 Å². The summed E-state index contributed by atoms with van der Waals surface area (Å²) >= 11 is 1.68. The fourth-order valence-electron chi connectivity index (χ4n) is 2.62. The number of thioether (sulfide) groups is 1. The van der Waals surface area contributed by atoms with Gasteiger partial charge in [-0.05, 0) is 31.7 Å². The van der Waals surface area contributed by atoms with Crippen LogP contribution in [0.3, 0.4) is 0 Å². The maximum absolute atomic E-state index is 9.39. The number of hydrogen-bond donors (Lipinski definition) is 0. The Hall–Kier alpha value is -1.18. The largest absolute Gasteiger partial charge is 0.489 e. The quantitative estimate of drug-likeness (QED) is 0.786. The Labute approximate surface area is 125 Å². The molecule has 1 heterocycles. The molecule has 1 aromatic rings. The Balaban J connectivity index is 2.16. The van der Waals surface area contributed by atoms with Crippen molar-refractivity contribution in [1.29, 1.82) is 5.26 Å². The van der Waals surface area contributed by atoms with Crippen LogP contribution in [0.1, 0.15) is 39.2 Å². The third-order valence-electron chi connectivity index (χ3n) is 3.35. The van der Waals surface area contributed by atoms with Gasteiger partial charge in [-0.25, -0.2) is 0 Å². The SMILES string of the molecule is CCSc1cccc(OC2CC(C)OC(C)C2)c1C#N. The Morgan fingerprint density at radius 2 is 2.05 bits per heavy atom. The van der Waals surface area contributed by atoms with Gasteiger partial charge >= 0.3 is 0 Å². The summed E-state index contributed by atoms with van der Waals surface area (Å²) in [6.45, 7) is 6.22. The third kappa shape index (κ3) is 3.68. The van der Waals surface area contributed by atoms with Gasteiger partial charge in [0, 0.05) is 17.7 Å². The van der Waals surface area contributed by atoms with Crippen molar-refractivity contribution in [2.24, 2.45) is 0 Å². The number of hydrogen-bond acceptors (Lipinski definition) is 4. The zero-order valence-corrected chi connectivity index (χ0v) is 13.1. The van der Waals surface area contributed by atoms with E-state index in [1.165, 1.54) is 0 Å². The van der Waals surface area contributed by atoms with Crippen LogP contribution in [0.15, 0.2) is 23.1 Å². The van der Waals surface area contributed by atoms with Crippen molar-refractivity contribution in [2.75, 3.05) is 5.75 Å². The molecule has 1 aliphatic rings. The van der Waals surface area contributed by atoms with Gasteiger partial charge < -0.3 is 9.47 Å². The number of rotatable bonds is 4. The molecule has 1 saturated heterocycles. The van der Waals surface area contributed by atoms with Crippen LogP contribution in [0.2, 0.25) is 0 Å². The first-order valence-electron chi connectivity index (χ1n) is 7.12. The normalized spacial score (nSPS) is 26.0. The van der Waals surface area contributed by atoms with E-state index in [4.69, 9.17) is 9.47 Å². The standard InChI is InChI=1S/C16H21NO2S/c1-4-20-16-7-5-6-15(14(16)10-17)19-13-8-11(2)18-12(3)9-13/h5-7,11-13H,4,8-9H2,1-3H3. The molecule has 0 radical (unpaired) electrons. The van der Waals surface area contributed by atoms with Gasteiger partial charge in [-0.3, -0.25) is 0 Å². The predicted octanol–water partition coefficient (Wildman–Crippen LogP) is 4.01. The van der Waals surface area contributed by atoms with E-state index in [0.717, 1.165) is 23.5 Å². The summed E-state index contributed by atoms with van der Waals surface area (Å²) in [4.78, 5) is 1.00. The molecule has 1 aromatic carbocycles. The van der Waals surface area contributed by atoms with E-state index in [1.54, 1.807) is 11.8 Å². The molecule has 3 nitrogen and oxygen atoms in total. The number of ether oxygens (including phenoxy) is 2. The number of nitriles is 1. The molecule has 0 saturated carbocycles. The smallest absolute Gasteiger partial charge is 0.138 e. The second-order valence-corrected chi connectivity index (χ2v) is 6.45.